The molecule has 1 fully saturated rings. The van der Waals surface area contributed by atoms with E-state index in [2.05, 4.69) is 20.6 Å². The fourth-order valence-corrected chi connectivity index (χ4v) is 4.60. The Kier molecular flexibility index (Phi) is 6.67. The molecule has 1 amide bonds. The third-order valence-corrected chi connectivity index (χ3v) is 6.15. The van der Waals surface area contributed by atoms with Crippen molar-refractivity contribution in [1.29, 1.82) is 0 Å². The maximum absolute atomic E-state index is 14.6. The molecule has 0 spiro atoms. The van der Waals surface area contributed by atoms with Crippen LogP contribution in [0.3, 0.4) is 0 Å². The normalized spacial score (nSPS) is 16.0. The Morgan fingerprint density at radius 1 is 1.35 bits per heavy atom. The number of carbonyl (C=O) groups excluding carboxylic acids is 1. The van der Waals surface area contributed by atoms with Gasteiger partial charge in [-0.05, 0) is 38.0 Å². The van der Waals surface area contributed by atoms with Gasteiger partial charge in [-0.15, -0.1) is 10.2 Å². The van der Waals surface area contributed by atoms with Crippen LogP contribution in [0.25, 0.3) is 5.69 Å². The molecule has 0 unspecified atom stereocenters. The molecule has 31 heavy (non-hydrogen) atoms. The second-order valence-electron chi connectivity index (χ2n) is 7.43. The number of thioether (sulfide) groups is 1. The van der Waals surface area contributed by atoms with Crippen molar-refractivity contribution in [1.82, 2.24) is 29.9 Å². The summed E-state index contributed by atoms with van der Waals surface area (Å²) >= 11 is 1.51. The molecule has 4 rings (SSSR count). The van der Waals surface area contributed by atoms with E-state index < -0.39 is 0 Å². The monoisotopic (exact) mass is 444 g/mol. The Hall–Kier alpha value is -2.72. The zero-order valence-corrected chi connectivity index (χ0v) is 18.4. The van der Waals surface area contributed by atoms with E-state index in [1.54, 1.807) is 40.6 Å². The first kappa shape index (κ1) is 21.5. The van der Waals surface area contributed by atoms with E-state index in [-0.39, 0.29) is 17.8 Å². The summed E-state index contributed by atoms with van der Waals surface area (Å²) < 4.78 is 23.6. The summed E-state index contributed by atoms with van der Waals surface area (Å²) in [6, 6.07) is 8.29. The van der Waals surface area contributed by atoms with Crippen LogP contribution in [-0.2, 0) is 18.2 Å². The van der Waals surface area contributed by atoms with E-state index in [0.29, 0.717) is 35.3 Å². The SMILES string of the molecule is Cc1cc(C(=O)NCCc2nnc(SC[C@H]3CCCO3)n2-c2ccccc2F)n(C)n1. The van der Waals surface area contributed by atoms with Crippen molar-refractivity contribution in [2.24, 2.45) is 7.05 Å². The molecule has 1 N–H and O–H groups in total. The van der Waals surface area contributed by atoms with Crippen molar-refractivity contribution in [3.63, 3.8) is 0 Å². The molecule has 1 atom stereocenters. The van der Waals surface area contributed by atoms with Crippen LogP contribution in [0.15, 0.2) is 35.5 Å². The maximum Gasteiger partial charge on any atom is 0.269 e. The lowest BCUT2D eigenvalue weighted by Crippen LogP contribution is -2.28. The maximum atomic E-state index is 14.6. The lowest BCUT2D eigenvalue weighted by molar-refractivity contribution is 0.0944. The van der Waals surface area contributed by atoms with E-state index in [9.17, 15) is 9.18 Å². The van der Waals surface area contributed by atoms with Gasteiger partial charge in [0.15, 0.2) is 5.16 Å². The Bertz CT molecular complexity index is 1060. The predicted molar refractivity (Wildman–Crippen MR) is 115 cm³/mol. The van der Waals surface area contributed by atoms with E-state index in [1.165, 1.54) is 17.8 Å². The van der Waals surface area contributed by atoms with Crippen LogP contribution in [0.1, 0.15) is 34.8 Å². The molecule has 3 heterocycles. The van der Waals surface area contributed by atoms with Gasteiger partial charge in [0.2, 0.25) is 0 Å². The number of aromatic nitrogens is 5. The number of hydrogen-bond donors (Lipinski definition) is 1. The van der Waals surface area contributed by atoms with Crippen molar-refractivity contribution < 1.29 is 13.9 Å². The summed E-state index contributed by atoms with van der Waals surface area (Å²) in [5, 5.41) is 16.3. The van der Waals surface area contributed by atoms with Crippen molar-refractivity contribution in [3.8, 4) is 5.69 Å². The number of para-hydroxylation sites is 1. The summed E-state index contributed by atoms with van der Waals surface area (Å²) in [4.78, 5) is 12.4. The molecule has 8 nitrogen and oxygen atoms in total. The van der Waals surface area contributed by atoms with Gasteiger partial charge >= 0.3 is 0 Å². The Morgan fingerprint density at radius 3 is 2.90 bits per heavy atom. The standard InChI is InChI=1S/C21H25FN6O2S/c1-14-12-18(27(2)26-14)20(29)23-10-9-19-24-25-21(31-13-15-6-5-11-30-15)28(19)17-8-4-3-7-16(17)22/h3-4,7-8,12,15H,5-6,9-11,13H2,1-2H3,(H,23,29)/t15-/m1/s1. The summed E-state index contributed by atoms with van der Waals surface area (Å²) in [5.74, 6) is 0.759. The summed E-state index contributed by atoms with van der Waals surface area (Å²) in [7, 11) is 1.73. The zero-order valence-electron chi connectivity index (χ0n) is 17.5. The fraction of sp³-hybridized carbons (Fsp3) is 0.429. The van der Waals surface area contributed by atoms with Crippen LogP contribution in [0, 0.1) is 12.7 Å². The second kappa shape index (κ2) is 9.61. The number of nitrogens with one attached hydrogen (secondary N) is 1. The van der Waals surface area contributed by atoms with Gasteiger partial charge in [-0.2, -0.15) is 5.10 Å². The van der Waals surface area contributed by atoms with Gasteiger partial charge in [0.1, 0.15) is 17.3 Å². The van der Waals surface area contributed by atoms with Gasteiger partial charge in [-0.3, -0.25) is 14.0 Å². The molecule has 1 aromatic carbocycles. The van der Waals surface area contributed by atoms with Crippen LogP contribution in [0.5, 0.6) is 0 Å². The number of carbonyl (C=O) groups is 1. The summed E-state index contributed by atoms with van der Waals surface area (Å²) in [5.41, 5.74) is 1.66. The van der Waals surface area contributed by atoms with Crippen molar-refractivity contribution in [3.05, 3.63) is 53.4 Å². The van der Waals surface area contributed by atoms with Crippen LogP contribution in [0.4, 0.5) is 4.39 Å². The van der Waals surface area contributed by atoms with Crippen LogP contribution < -0.4 is 5.32 Å². The van der Waals surface area contributed by atoms with E-state index in [4.69, 9.17) is 4.74 Å². The van der Waals surface area contributed by atoms with Crippen LogP contribution >= 0.6 is 11.8 Å². The summed E-state index contributed by atoms with van der Waals surface area (Å²) in [6.07, 6.45) is 2.67. The zero-order chi connectivity index (χ0) is 21.8. The molecule has 1 aliphatic rings. The topological polar surface area (TPSA) is 86.9 Å². The first-order valence-electron chi connectivity index (χ1n) is 10.3. The first-order valence-corrected chi connectivity index (χ1v) is 11.2. The predicted octanol–water partition coefficient (Wildman–Crippen LogP) is 2.69. The van der Waals surface area contributed by atoms with E-state index in [1.807, 2.05) is 6.92 Å². The molecule has 1 saturated heterocycles. The number of nitrogens with zero attached hydrogens (tertiary/aromatic N) is 5. The number of benzene rings is 1. The van der Waals surface area contributed by atoms with E-state index >= 15 is 0 Å². The highest BCUT2D eigenvalue weighted by Crippen LogP contribution is 2.27. The molecule has 0 radical (unpaired) electrons. The fourth-order valence-electron chi connectivity index (χ4n) is 3.58. The molecule has 0 saturated carbocycles. The van der Waals surface area contributed by atoms with Crippen molar-refractivity contribution in [2.75, 3.05) is 18.9 Å². The molecule has 0 aliphatic carbocycles. The Morgan fingerprint density at radius 2 is 2.19 bits per heavy atom. The van der Waals surface area contributed by atoms with Crippen LogP contribution in [-0.4, -0.2) is 55.5 Å². The minimum Gasteiger partial charge on any atom is -0.377 e. The van der Waals surface area contributed by atoms with Crippen molar-refractivity contribution in [2.45, 2.75) is 37.4 Å². The van der Waals surface area contributed by atoms with Gasteiger partial charge in [0, 0.05) is 32.4 Å². The smallest absolute Gasteiger partial charge is 0.269 e. The number of rotatable bonds is 8. The lowest BCUT2D eigenvalue weighted by atomic mass is 10.3. The largest absolute Gasteiger partial charge is 0.377 e. The lowest BCUT2D eigenvalue weighted by Gasteiger charge is -2.13. The van der Waals surface area contributed by atoms with Gasteiger partial charge in [-0.1, -0.05) is 23.9 Å². The van der Waals surface area contributed by atoms with Gasteiger partial charge in [0.25, 0.3) is 5.91 Å². The Balaban J connectivity index is 1.49. The number of aryl methyl sites for hydroxylation is 2. The van der Waals surface area contributed by atoms with Crippen molar-refractivity contribution >= 4 is 17.7 Å². The highest BCUT2D eigenvalue weighted by molar-refractivity contribution is 7.99. The highest BCUT2D eigenvalue weighted by atomic mass is 32.2. The number of ether oxygens (including phenoxy) is 1. The molecular weight excluding hydrogens is 419 g/mol. The molecule has 164 valence electrons. The van der Waals surface area contributed by atoms with Crippen LogP contribution in [0.2, 0.25) is 0 Å². The number of halogens is 1. The average molecular weight is 445 g/mol. The number of hydrogen-bond acceptors (Lipinski definition) is 6. The van der Waals surface area contributed by atoms with Gasteiger partial charge < -0.3 is 10.1 Å². The quantitative estimate of drug-likeness (QED) is 0.538. The molecular formula is C21H25FN6O2S. The Labute approximate surface area is 184 Å². The summed E-state index contributed by atoms with van der Waals surface area (Å²) in [6.45, 7) is 2.96. The number of amides is 1. The molecule has 3 aromatic rings. The first-order chi connectivity index (χ1) is 15.0. The minimum absolute atomic E-state index is 0.181. The highest BCUT2D eigenvalue weighted by Gasteiger charge is 2.21. The molecule has 1 aliphatic heterocycles. The minimum atomic E-state index is -0.350. The van der Waals surface area contributed by atoms with Gasteiger partial charge in [0.05, 0.1) is 17.5 Å². The third kappa shape index (κ3) is 4.96. The third-order valence-electron chi connectivity index (χ3n) is 5.08. The molecule has 10 heteroatoms. The molecule has 2 aromatic heterocycles. The van der Waals surface area contributed by atoms with Gasteiger partial charge in [-0.25, -0.2) is 4.39 Å². The average Bonchev–Trinajstić information content (AvgIpc) is 3.47. The second-order valence-corrected chi connectivity index (χ2v) is 8.42. The van der Waals surface area contributed by atoms with E-state index in [0.717, 1.165) is 30.9 Å². The molecule has 0 bridgehead atoms.